The number of rotatable bonds is 6. The molecule has 0 aliphatic carbocycles. The zero-order chi connectivity index (χ0) is 16.7. The third-order valence-corrected chi connectivity index (χ3v) is 4.55. The highest BCUT2D eigenvalue weighted by atomic mass is 32.1. The van der Waals surface area contributed by atoms with E-state index in [4.69, 9.17) is 9.47 Å². The normalized spacial score (nSPS) is 15.5. The zero-order valence-corrected chi connectivity index (χ0v) is 14.4. The van der Waals surface area contributed by atoms with E-state index in [1.165, 1.54) is 11.3 Å². The Labute approximate surface area is 140 Å². The van der Waals surface area contributed by atoms with Crippen LogP contribution >= 0.6 is 11.3 Å². The fraction of sp³-hybridized carbons (Fsp3) is 0.667. The first-order valence-corrected chi connectivity index (χ1v) is 8.67. The average molecular weight is 341 g/mol. The van der Waals surface area contributed by atoms with Gasteiger partial charge in [0.1, 0.15) is 11.6 Å². The number of aryl methyl sites for hydroxylation is 1. The molecule has 128 valence electrons. The van der Waals surface area contributed by atoms with Crippen molar-refractivity contribution in [2.45, 2.75) is 20.3 Å². The first-order valence-electron chi connectivity index (χ1n) is 7.79. The molecule has 23 heavy (non-hydrogen) atoms. The summed E-state index contributed by atoms with van der Waals surface area (Å²) < 4.78 is 9.65. The van der Waals surface area contributed by atoms with Gasteiger partial charge in [0.2, 0.25) is 5.91 Å². The van der Waals surface area contributed by atoms with Crippen molar-refractivity contribution in [3.8, 4) is 0 Å². The van der Waals surface area contributed by atoms with E-state index >= 15 is 0 Å². The van der Waals surface area contributed by atoms with Crippen LogP contribution in [0, 0.1) is 6.92 Å². The van der Waals surface area contributed by atoms with Crippen LogP contribution in [0.1, 0.15) is 17.6 Å². The molecule has 1 aromatic rings. The van der Waals surface area contributed by atoms with Gasteiger partial charge in [0.25, 0.3) is 0 Å². The quantitative estimate of drug-likeness (QED) is 0.727. The van der Waals surface area contributed by atoms with Gasteiger partial charge in [0.05, 0.1) is 13.0 Å². The number of thiazole rings is 1. The first kappa shape index (κ1) is 17.7. The lowest BCUT2D eigenvalue weighted by Crippen LogP contribution is -2.49. The van der Waals surface area contributed by atoms with Crippen LogP contribution in [0.4, 0.5) is 4.79 Å². The molecule has 1 aliphatic heterocycles. The van der Waals surface area contributed by atoms with E-state index in [1.807, 2.05) is 17.2 Å². The largest absolute Gasteiger partial charge is 0.508 e. The zero-order valence-electron chi connectivity index (χ0n) is 13.6. The Balaban J connectivity index is 1.65. The van der Waals surface area contributed by atoms with Crippen molar-refractivity contribution in [3.05, 3.63) is 16.1 Å². The van der Waals surface area contributed by atoms with E-state index in [9.17, 15) is 9.59 Å². The van der Waals surface area contributed by atoms with Crippen molar-refractivity contribution in [2.75, 3.05) is 45.9 Å². The predicted octanol–water partition coefficient (Wildman–Crippen LogP) is 1.31. The SMILES string of the molecule is CCOC(=O)OCCN1CCN(C(=O)Cc2nc(C)cs2)CC1. The Hall–Kier alpha value is -1.67. The molecule has 2 rings (SSSR count). The number of carbonyl (C=O) groups is 2. The maximum atomic E-state index is 12.2. The molecular formula is C15H23N3O4S. The summed E-state index contributed by atoms with van der Waals surface area (Å²) in [5, 5.41) is 2.84. The molecule has 0 spiro atoms. The maximum Gasteiger partial charge on any atom is 0.508 e. The number of amides is 1. The summed E-state index contributed by atoms with van der Waals surface area (Å²) in [6.07, 6.45) is -0.246. The second-order valence-electron chi connectivity index (χ2n) is 5.31. The van der Waals surface area contributed by atoms with Crippen molar-refractivity contribution in [2.24, 2.45) is 0 Å². The molecule has 8 heteroatoms. The van der Waals surface area contributed by atoms with Gasteiger partial charge < -0.3 is 14.4 Å². The standard InChI is InChI=1S/C15H23N3O4S/c1-3-21-15(20)22-9-8-17-4-6-18(7-5-17)14(19)10-13-16-12(2)11-23-13/h11H,3-10H2,1-2H3. The topological polar surface area (TPSA) is 72.0 Å². The smallest absolute Gasteiger partial charge is 0.435 e. The van der Waals surface area contributed by atoms with Gasteiger partial charge in [-0.1, -0.05) is 0 Å². The Morgan fingerprint density at radius 2 is 2.00 bits per heavy atom. The molecular weight excluding hydrogens is 318 g/mol. The monoisotopic (exact) mass is 341 g/mol. The van der Waals surface area contributed by atoms with E-state index < -0.39 is 6.16 Å². The molecule has 1 aliphatic rings. The second-order valence-corrected chi connectivity index (χ2v) is 6.26. The average Bonchev–Trinajstić information content (AvgIpc) is 2.93. The molecule has 0 N–H and O–H groups in total. The molecule has 2 heterocycles. The Bertz CT molecular complexity index is 527. The fourth-order valence-electron chi connectivity index (χ4n) is 2.36. The van der Waals surface area contributed by atoms with Crippen LogP contribution in [0.15, 0.2) is 5.38 Å². The van der Waals surface area contributed by atoms with Gasteiger partial charge in [-0.3, -0.25) is 9.69 Å². The summed E-state index contributed by atoms with van der Waals surface area (Å²) in [5.41, 5.74) is 0.962. The van der Waals surface area contributed by atoms with Crippen LogP contribution in [-0.4, -0.2) is 72.8 Å². The van der Waals surface area contributed by atoms with Crippen LogP contribution < -0.4 is 0 Å². The molecule has 0 radical (unpaired) electrons. The summed E-state index contributed by atoms with van der Waals surface area (Å²) in [5.74, 6) is 0.127. The third kappa shape index (κ3) is 5.80. The van der Waals surface area contributed by atoms with Gasteiger partial charge in [0.15, 0.2) is 0 Å². The van der Waals surface area contributed by atoms with E-state index in [2.05, 4.69) is 9.88 Å². The second kappa shape index (κ2) is 8.83. The number of hydrogen-bond acceptors (Lipinski definition) is 7. The number of carbonyl (C=O) groups excluding carboxylic acids is 2. The number of ether oxygens (including phenoxy) is 2. The minimum absolute atomic E-state index is 0.127. The van der Waals surface area contributed by atoms with Crippen molar-refractivity contribution in [3.63, 3.8) is 0 Å². The van der Waals surface area contributed by atoms with Gasteiger partial charge in [-0.15, -0.1) is 11.3 Å². The van der Waals surface area contributed by atoms with Gasteiger partial charge in [-0.25, -0.2) is 9.78 Å². The predicted molar refractivity (Wildman–Crippen MR) is 86.5 cm³/mol. The molecule has 0 saturated carbocycles. The van der Waals surface area contributed by atoms with Gasteiger partial charge >= 0.3 is 6.16 Å². The Morgan fingerprint density at radius 1 is 1.26 bits per heavy atom. The highest BCUT2D eigenvalue weighted by Gasteiger charge is 2.22. The molecule has 7 nitrogen and oxygen atoms in total. The number of nitrogens with zero attached hydrogens (tertiary/aromatic N) is 3. The van der Waals surface area contributed by atoms with Gasteiger partial charge in [0, 0.05) is 43.8 Å². The lowest BCUT2D eigenvalue weighted by Gasteiger charge is -2.34. The first-order chi connectivity index (χ1) is 11.1. The summed E-state index contributed by atoms with van der Waals surface area (Å²) >= 11 is 1.53. The highest BCUT2D eigenvalue weighted by Crippen LogP contribution is 2.11. The van der Waals surface area contributed by atoms with Crippen LogP contribution in [-0.2, 0) is 20.7 Å². The summed E-state index contributed by atoms with van der Waals surface area (Å²) in [6.45, 7) is 7.93. The van der Waals surface area contributed by atoms with Crippen LogP contribution in [0.25, 0.3) is 0 Å². The molecule has 0 aromatic carbocycles. The number of piperazine rings is 1. The molecule has 0 atom stereocenters. The lowest BCUT2D eigenvalue weighted by molar-refractivity contribution is -0.132. The molecule has 1 saturated heterocycles. The summed E-state index contributed by atoms with van der Waals surface area (Å²) in [7, 11) is 0. The number of aromatic nitrogens is 1. The third-order valence-electron chi connectivity index (χ3n) is 3.58. The molecule has 0 bridgehead atoms. The van der Waals surface area contributed by atoms with E-state index in [0.717, 1.165) is 23.8 Å². The van der Waals surface area contributed by atoms with E-state index in [-0.39, 0.29) is 5.91 Å². The van der Waals surface area contributed by atoms with Crippen molar-refractivity contribution in [1.82, 2.24) is 14.8 Å². The van der Waals surface area contributed by atoms with E-state index in [0.29, 0.717) is 39.3 Å². The Morgan fingerprint density at radius 3 is 2.61 bits per heavy atom. The summed E-state index contributed by atoms with van der Waals surface area (Å²) in [4.78, 5) is 31.7. The lowest BCUT2D eigenvalue weighted by atomic mass is 10.3. The molecule has 1 fully saturated rings. The maximum absolute atomic E-state index is 12.2. The van der Waals surface area contributed by atoms with E-state index in [1.54, 1.807) is 6.92 Å². The van der Waals surface area contributed by atoms with Crippen molar-refractivity contribution < 1.29 is 19.1 Å². The molecule has 1 aromatic heterocycles. The van der Waals surface area contributed by atoms with Crippen LogP contribution in [0.2, 0.25) is 0 Å². The highest BCUT2D eigenvalue weighted by molar-refractivity contribution is 7.09. The van der Waals surface area contributed by atoms with Gasteiger partial charge in [-0.05, 0) is 13.8 Å². The van der Waals surface area contributed by atoms with Crippen molar-refractivity contribution >= 4 is 23.4 Å². The van der Waals surface area contributed by atoms with Crippen LogP contribution in [0.5, 0.6) is 0 Å². The summed E-state index contributed by atoms with van der Waals surface area (Å²) in [6, 6.07) is 0. The van der Waals surface area contributed by atoms with Gasteiger partial charge in [-0.2, -0.15) is 0 Å². The minimum Gasteiger partial charge on any atom is -0.435 e. The Kier molecular flexibility index (Phi) is 6.79. The number of hydrogen-bond donors (Lipinski definition) is 0. The molecule has 1 amide bonds. The van der Waals surface area contributed by atoms with Crippen molar-refractivity contribution in [1.29, 1.82) is 0 Å². The van der Waals surface area contributed by atoms with Crippen LogP contribution in [0.3, 0.4) is 0 Å². The fourth-order valence-corrected chi connectivity index (χ4v) is 3.13. The molecule has 0 unspecified atom stereocenters. The minimum atomic E-state index is -0.625.